The van der Waals surface area contributed by atoms with Gasteiger partial charge >= 0.3 is 5.97 Å². The Morgan fingerprint density at radius 3 is 2.37 bits per heavy atom. The van der Waals surface area contributed by atoms with Gasteiger partial charge < -0.3 is 10.5 Å². The molecule has 1 aromatic rings. The Morgan fingerprint density at radius 1 is 1.32 bits per heavy atom. The van der Waals surface area contributed by atoms with E-state index in [4.69, 9.17) is 5.73 Å². The van der Waals surface area contributed by atoms with Crippen LogP contribution in [-0.4, -0.2) is 24.6 Å². The molecule has 0 saturated carbocycles. The number of ether oxygens (including phenoxy) is 1. The van der Waals surface area contributed by atoms with Gasteiger partial charge in [0, 0.05) is 11.8 Å². The summed E-state index contributed by atoms with van der Waals surface area (Å²) in [7, 11) is 1.40. The number of carbonyl (C=O) groups is 1. The fraction of sp³-hybridized carbons (Fsp3) is 0.533. The number of hydrogen-bond donors (Lipinski definition) is 1. The molecule has 0 heterocycles. The molecule has 4 heteroatoms. The minimum Gasteiger partial charge on any atom is -0.468 e. The lowest BCUT2D eigenvalue weighted by Gasteiger charge is -2.20. The second-order valence-corrected chi connectivity index (χ2v) is 6.60. The highest BCUT2D eigenvalue weighted by Crippen LogP contribution is 2.24. The molecule has 0 aliphatic rings. The molecule has 1 atom stereocenters. The van der Waals surface area contributed by atoms with Gasteiger partial charge in [-0.05, 0) is 16.5 Å². The van der Waals surface area contributed by atoms with E-state index in [0.717, 1.165) is 5.56 Å². The number of thioether (sulfide) groups is 1. The van der Waals surface area contributed by atoms with Gasteiger partial charge in [0.25, 0.3) is 0 Å². The summed E-state index contributed by atoms with van der Waals surface area (Å²) in [6.45, 7) is 6.57. The normalized spacial score (nSPS) is 13.1. The van der Waals surface area contributed by atoms with Crippen LogP contribution in [0.5, 0.6) is 0 Å². The predicted molar refractivity (Wildman–Crippen MR) is 81.4 cm³/mol. The number of methoxy groups -OCH3 is 1. The van der Waals surface area contributed by atoms with E-state index in [9.17, 15) is 4.79 Å². The zero-order valence-electron chi connectivity index (χ0n) is 12.1. The van der Waals surface area contributed by atoms with Gasteiger partial charge in [0.05, 0.1) is 12.9 Å². The number of carbonyl (C=O) groups excluding carboxylic acids is 1. The molecular formula is C15H23NO2S. The van der Waals surface area contributed by atoms with Crippen molar-refractivity contribution in [3.05, 3.63) is 35.4 Å². The van der Waals surface area contributed by atoms with E-state index in [2.05, 4.69) is 49.8 Å². The molecule has 0 aliphatic heterocycles. The highest BCUT2D eigenvalue weighted by molar-refractivity contribution is 7.99. The van der Waals surface area contributed by atoms with Crippen molar-refractivity contribution in [2.45, 2.75) is 32.2 Å². The number of rotatable bonds is 5. The first-order valence-corrected chi connectivity index (χ1v) is 7.50. The quantitative estimate of drug-likeness (QED) is 0.843. The third-order valence-corrected chi connectivity index (χ3v) is 3.98. The zero-order valence-corrected chi connectivity index (χ0v) is 12.9. The van der Waals surface area contributed by atoms with Gasteiger partial charge in [0.2, 0.25) is 0 Å². The second kappa shape index (κ2) is 6.96. The number of benzene rings is 1. The summed E-state index contributed by atoms with van der Waals surface area (Å²) in [6, 6.07) is 8.34. The molecular weight excluding hydrogens is 258 g/mol. The van der Waals surface area contributed by atoms with E-state index in [1.807, 2.05) is 0 Å². The van der Waals surface area contributed by atoms with Crippen LogP contribution in [0.2, 0.25) is 0 Å². The van der Waals surface area contributed by atoms with Crippen molar-refractivity contribution in [3.63, 3.8) is 0 Å². The smallest absolute Gasteiger partial charge is 0.315 e. The van der Waals surface area contributed by atoms with Crippen molar-refractivity contribution in [2.24, 2.45) is 5.73 Å². The number of nitrogens with two attached hydrogens (primary N) is 1. The Morgan fingerprint density at radius 2 is 1.89 bits per heavy atom. The van der Waals surface area contributed by atoms with Crippen LogP contribution in [0, 0.1) is 0 Å². The first-order valence-electron chi connectivity index (χ1n) is 6.35. The third-order valence-electron chi connectivity index (χ3n) is 2.95. The molecule has 1 aromatic carbocycles. The van der Waals surface area contributed by atoms with Crippen molar-refractivity contribution in [3.8, 4) is 0 Å². The number of esters is 1. The zero-order chi connectivity index (χ0) is 14.5. The number of hydrogen-bond acceptors (Lipinski definition) is 4. The lowest BCUT2D eigenvalue weighted by molar-refractivity contribution is -0.137. The van der Waals surface area contributed by atoms with Crippen molar-refractivity contribution in [1.82, 2.24) is 0 Å². The highest BCUT2D eigenvalue weighted by Gasteiger charge is 2.14. The molecule has 3 nitrogen and oxygen atoms in total. The van der Waals surface area contributed by atoms with Gasteiger partial charge in [-0.1, -0.05) is 45.0 Å². The summed E-state index contributed by atoms with van der Waals surface area (Å²) in [5.41, 5.74) is 8.66. The second-order valence-electron chi connectivity index (χ2n) is 5.57. The lowest BCUT2D eigenvalue weighted by Crippen LogP contribution is -2.16. The summed E-state index contributed by atoms with van der Waals surface area (Å²) >= 11 is 1.50. The maximum atomic E-state index is 11.0. The molecule has 1 rings (SSSR count). The van der Waals surface area contributed by atoms with Crippen LogP contribution >= 0.6 is 11.8 Å². The fourth-order valence-electron chi connectivity index (χ4n) is 1.65. The van der Waals surface area contributed by atoms with Crippen LogP contribution in [-0.2, 0) is 14.9 Å². The fourth-order valence-corrected chi connectivity index (χ4v) is 2.50. The maximum absolute atomic E-state index is 11.0. The summed E-state index contributed by atoms with van der Waals surface area (Å²) < 4.78 is 4.59. The van der Waals surface area contributed by atoms with Crippen LogP contribution in [0.4, 0.5) is 0 Å². The van der Waals surface area contributed by atoms with Gasteiger partial charge in [-0.2, -0.15) is 0 Å². The molecule has 19 heavy (non-hydrogen) atoms. The lowest BCUT2D eigenvalue weighted by atomic mass is 9.86. The van der Waals surface area contributed by atoms with E-state index >= 15 is 0 Å². The Kier molecular flexibility index (Phi) is 5.88. The Hall–Kier alpha value is -1.00. The molecule has 0 radical (unpaired) electrons. The molecule has 0 saturated heterocycles. The summed E-state index contributed by atoms with van der Waals surface area (Å²) in [4.78, 5) is 11.0. The van der Waals surface area contributed by atoms with E-state index in [1.165, 1.54) is 24.4 Å². The SMILES string of the molecule is COC(=O)CSCC(N)c1ccc(C(C)(C)C)cc1. The minimum absolute atomic E-state index is 0.0522. The molecule has 0 aliphatic carbocycles. The van der Waals surface area contributed by atoms with Gasteiger partial charge in [0.1, 0.15) is 0 Å². The van der Waals surface area contributed by atoms with E-state index in [0.29, 0.717) is 11.5 Å². The molecule has 2 N–H and O–H groups in total. The van der Waals surface area contributed by atoms with Gasteiger partial charge in [-0.3, -0.25) is 4.79 Å². The standard InChI is InChI=1S/C15H23NO2S/c1-15(2,3)12-7-5-11(6-8-12)13(16)9-19-10-14(17)18-4/h5-8,13H,9-10,16H2,1-4H3. The maximum Gasteiger partial charge on any atom is 0.315 e. The summed E-state index contributed by atoms with van der Waals surface area (Å²) in [6.07, 6.45) is 0. The Bertz CT molecular complexity index is 409. The Labute approximate surface area is 119 Å². The largest absolute Gasteiger partial charge is 0.468 e. The van der Waals surface area contributed by atoms with Crippen LogP contribution in [0.25, 0.3) is 0 Å². The minimum atomic E-state index is -0.208. The molecule has 0 fully saturated rings. The van der Waals surface area contributed by atoms with Crippen LogP contribution < -0.4 is 5.73 Å². The van der Waals surface area contributed by atoms with Gasteiger partial charge in [-0.15, -0.1) is 11.8 Å². The van der Waals surface area contributed by atoms with Crippen LogP contribution in [0.3, 0.4) is 0 Å². The summed E-state index contributed by atoms with van der Waals surface area (Å²) in [5, 5.41) is 0. The average Bonchev–Trinajstić information content (AvgIpc) is 2.37. The first-order chi connectivity index (χ1) is 8.84. The van der Waals surface area contributed by atoms with Gasteiger partial charge in [-0.25, -0.2) is 0 Å². The summed E-state index contributed by atoms with van der Waals surface area (Å²) in [5.74, 6) is 0.856. The Balaban J connectivity index is 2.53. The van der Waals surface area contributed by atoms with Crippen molar-refractivity contribution in [2.75, 3.05) is 18.6 Å². The van der Waals surface area contributed by atoms with Crippen molar-refractivity contribution >= 4 is 17.7 Å². The molecule has 1 unspecified atom stereocenters. The van der Waals surface area contributed by atoms with E-state index in [-0.39, 0.29) is 17.4 Å². The van der Waals surface area contributed by atoms with Crippen LogP contribution in [0.1, 0.15) is 37.9 Å². The van der Waals surface area contributed by atoms with E-state index < -0.39 is 0 Å². The highest BCUT2D eigenvalue weighted by atomic mass is 32.2. The van der Waals surface area contributed by atoms with Crippen molar-refractivity contribution < 1.29 is 9.53 Å². The third kappa shape index (κ3) is 5.25. The molecule has 0 bridgehead atoms. The van der Waals surface area contributed by atoms with Crippen molar-refractivity contribution in [1.29, 1.82) is 0 Å². The monoisotopic (exact) mass is 281 g/mol. The predicted octanol–water partition coefficient (Wildman–Crippen LogP) is 2.89. The first kappa shape index (κ1) is 16.1. The average molecular weight is 281 g/mol. The van der Waals surface area contributed by atoms with Gasteiger partial charge in [0.15, 0.2) is 0 Å². The topological polar surface area (TPSA) is 52.3 Å². The molecule has 0 spiro atoms. The van der Waals surface area contributed by atoms with E-state index in [1.54, 1.807) is 0 Å². The van der Waals surface area contributed by atoms with Crippen LogP contribution in [0.15, 0.2) is 24.3 Å². The molecule has 0 amide bonds. The molecule has 106 valence electrons. The molecule has 0 aromatic heterocycles.